The number of nitrogens with one attached hydrogen (secondary N) is 1. The van der Waals surface area contributed by atoms with E-state index >= 15 is 0 Å². The van der Waals surface area contributed by atoms with E-state index in [0.29, 0.717) is 0 Å². The Kier molecular flexibility index (Phi) is 18.7. The molecule has 0 aliphatic carbocycles. The van der Waals surface area contributed by atoms with Gasteiger partial charge in [0.2, 0.25) is 0 Å². The second-order valence-corrected chi connectivity index (χ2v) is 3.24. The van der Waals surface area contributed by atoms with E-state index in [-0.39, 0.29) is 31.0 Å². The zero-order valence-electron chi connectivity index (χ0n) is 9.08. The number of carbonyl (C=O) groups excluding carboxylic acids is 1. The van der Waals surface area contributed by atoms with Gasteiger partial charge in [-0.25, -0.2) is 10.1 Å². The van der Waals surface area contributed by atoms with E-state index in [1.807, 2.05) is 0 Å². The van der Waals surface area contributed by atoms with Crippen LogP contribution >= 0.6 is 0 Å². The number of hydrogen-bond donors (Lipinski definition) is 7. The fourth-order valence-corrected chi connectivity index (χ4v) is 0.0450. The molecule has 0 unspecified atom stereocenters. The number of primary amides is 1. The fourth-order valence-electron chi connectivity index (χ4n) is 0.0450. The largest absolute Gasteiger partial charge is 1.00 e. The summed E-state index contributed by atoms with van der Waals surface area (Å²) < 4.78 is 63.2. The van der Waals surface area contributed by atoms with E-state index in [2.05, 4.69) is 10.7 Å². The third-order valence-corrected chi connectivity index (χ3v) is 0.146. The van der Waals surface area contributed by atoms with Gasteiger partial charge in [-0.2, -0.15) is 22.3 Å². The summed E-state index contributed by atoms with van der Waals surface area (Å²) in [5, 5.41) is 7.32. The number of amides is 2. The molecule has 0 atom stereocenters. The molecule has 13 nitrogen and oxygen atoms in total. The second-order valence-electron chi connectivity index (χ2n) is 1.45. The molecule has 0 radical (unpaired) electrons. The molecule has 17 heavy (non-hydrogen) atoms. The van der Waals surface area contributed by atoms with Gasteiger partial charge in [0.1, 0.15) is 0 Å². The van der Waals surface area contributed by atoms with E-state index < -0.39 is 26.8 Å². The molecule has 0 saturated heterocycles. The van der Waals surface area contributed by atoms with Crippen LogP contribution in [0.3, 0.4) is 0 Å². The minimum atomic E-state index is -4.67. The first-order valence-corrected chi connectivity index (χ1v) is 5.32. The maximum Gasteiger partial charge on any atom is 1.00 e. The summed E-state index contributed by atoms with van der Waals surface area (Å²) >= 11 is 0. The van der Waals surface area contributed by atoms with Crippen molar-refractivity contribution in [2.75, 3.05) is 0 Å². The summed E-state index contributed by atoms with van der Waals surface area (Å²) in [6, 6.07) is -0.933. The maximum absolute atomic E-state index is 9.43. The van der Waals surface area contributed by atoms with Crippen LogP contribution in [0.1, 0.15) is 1.43 Å². The Morgan fingerprint density at radius 1 is 1.06 bits per heavy atom. The van der Waals surface area contributed by atoms with Crippen molar-refractivity contribution in [2.24, 2.45) is 5.73 Å². The van der Waals surface area contributed by atoms with Crippen LogP contribution in [0, 0.1) is 0 Å². The molecule has 8 N–H and O–H groups in total. The number of rotatable bonds is 1. The molecule has 0 bridgehead atoms. The molecule has 0 aromatic heterocycles. The molecule has 0 saturated carbocycles. The first-order valence-electron chi connectivity index (χ1n) is 2.53. The number of hydrogen-bond acceptors (Lipinski definition) is 7. The molecule has 0 spiro atoms. The van der Waals surface area contributed by atoms with Crippen molar-refractivity contribution in [3.63, 3.8) is 0 Å². The molecular weight excluding hydrogens is 303 g/mol. The topological polar surface area (TPSA) is 234 Å². The van der Waals surface area contributed by atoms with Crippen LogP contribution in [0.15, 0.2) is 0 Å². The van der Waals surface area contributed by atoms with Crippen molar-refractivity contribution in [3.05, 3.63) is 0 Å². The molecule has 102 valence electrons. The monoisotopic (exact) mass is 312 g/mol. The maximum atomic E-state index is 9.43. The normalized spacial score (nSPS) is 9.47. The first-order chi connectivity index (χ1) is 6.77. The number of hydroxylamine groups is 1. The van der Waals surface area contributed by atoms with Gasteiger partial charge >= 0.3 is 56.4 Å². The Balaban J connectivity index is -0.0000000447. The van der Waals surface area contributed by atoms with Crippen molar-refractivity contribution in [2.45, 2.75) is 0 Å². The van der Waals surface area contributed by atoms with Crippen LogP contribution < -0.4 is 40.8 Å². The first kappa shape index (κ1) is 25.7. The van der Waals surface area contributed by atoms with Crippen LogP contribution in [-0.2, 0) is 25.8 Å². The van der Waals surface area contributed by atoms with E-state index in [1.54, 1.807) is 0 Å². The summed E-state index contributed by atoms with van der Waals surface area (Å²) in [6.45, 7) is 0. The Hall–Kier alpha value is -0.0700. The Morgan fingerprint density at radius 3 is 1.24 bits per heavy atom. The second kappa shape index (κ2) is 12.4. The number of carbonyl (C=O) groups is 1. The Labute approximate surface area is 119 Å². The van der Waals surface area contributed by atoms with Gasteiger partial charge in [-0.3, -0.25) is 18.2 Å². The summed E-state index contributed by atoms with van der Waals surface area (Å²) in [5.41, 5.74) is 5.77. The molecular formula is CH9N2NaO11S2. The minimum Gasteiger partial charge on any atom is -1.00 e. The summed E-state index contributed by atoms with van der Waals surface area (Å²) in [6.07, 6.45) is 0. The molecule has 0 aromatic carbocycles. The fraction of sp³-hybridized carbons (Fsp3) is 0. The van der Waals surface area contributed by atoms with Gasteiger partial charge in [0.25, 0.3) is 0 Å². The predicted molar refractivity (Wildman–Crippen MR) is 45.9 cm³/mol. The number of urea groups is 1. The molecule has 0 aliphatic heterocycles. The van der Waals surface area contributed by atoms with Crippen LogP contribution in [0.5, 0.6) is 0 Å². The van der Waals surface area contributed by atoms with Crippen LogP contribution in [-0.4, -0.2) is 46.3 Å². The van der Waals surface area contributed by atoms with E-state index in [9.17, 15) is 4.79 Å². The van der Waals surface area contributed by atoms with Gasteiger partial charge in [-0.05, 0) is 0 Å². The third-order valence-electron chi connectivity index (χ3n) is 0.146. The minimum absolute atomic E-state index is 0. The predicted octanol–water partition coefficient (Wildman–Crippen LogP) is -5.13. The quantitative estimate of drug-likeness (QED) is 0.105. The van der Waals surface area contributed by atoms with Gasteiger partial charge in [-0.1, -0.05) is 0 Å². The van der Waals surface area contributed by atoms with Crippen LogP contribution in [0.4, 0.5) is 4.79 Å². The van der Waals surface area contributed by atoms with Crippen LogP contribution in [0.2, 0.25) is 0 Å². The van der Waals surface area contributed by atoms with E-state index in [4.69, 9.17) is 40.3 Å². The Bertz CT molecular complexity index is 330. The summed E-state index contributed by atoms with van der Waals surface area (Å²) in [7, 11) is -9.33. The number of nitrogens with two attached hydrogens (primary N) is 1. The van der Waals surface area contributed by atoms with Crippen molar-refractivity contribution in [1.29, 1.82) is 0 Å². The van der Waals surface area contributed by atoms with Crippen LogP contribution in [0.25, 0.3) is 0 Å². The summed E-state index contributed by atoms with van der Waals surface area (Å²) in [4.78, 5) is 12.5. The van der Waals surface area contributed by atoms with Gasteiger partial charge in [0.05, 0.1) is 0 Å². The van der Waals surface area contributed by atoms with Crippen molar-refractivity contribution in [1.82, 2.24) is 5.48 Å². The Morgan fingerprint density at radius 2 is 1.24 bits per heavy atom. The average molecular weight is 312 g/mol. The molecule has 16 heteroatoms. The summed E-state index contributed by atoms with van der Waals surface area (Å²) in [5.74, 6) is 0. The zero-order valence-corrected chi connectivity index (χ0v) is 11.7. The van der Waals surface area contributed by atoms with Crippen molar-refractivity contribution >= 4 is 26.8 Å². The molecule has 0 heterocycles. The molecule has 0 rings (SSSR count). The third kappa shape index (κ3) is 360. The molecule has 0 aliphatic rings. The zero-order chi connectivity index (χ0) is 14.0. The molecule has 2 amide bonds. The smallest absolute Gasteiger partial charge is 1.00 e. The van der Waals surface area contributed by atoms with Crippen molar-refractivity contribution < 1.29 is 81.1 Å². The van der Waals surface area contributed by atoms with Gasteiger partial charge < -0.3 is 7.16 Å². The standard InChI is InChI=1S/CH4N2O3.Na.2H2O4S.H/c2-1(4)3-6-5;;2*1-5(2,3)4;/h5H,(H3,2,3,4);;2*(H2,1,2,3,4);/q;+1;;;-1. The van der Waals surface area contributed by atoms with E-state index in [0.717, 1.165) is 0 Å². The van der Waals surface area contributed by atoms with Gasteiger partial charge in [0, 0.05) is 0 Å². The SMILES string of the molecule is NC(=O)NOO.O=S(=O)(O)O.O=S(=O)(O)O.[H-].[Na+]. The molecule has 0 fully saturated rings. The van der Waals surface area contributed by atoms with Gasteiger partial charge in [-0.15, -0.1) is 4.99 Å². The van der Waals surface area contributed by atoms with E-state index in [1.165, 1.54) is 5.48 Å². The van der Waals surface area contributed by atoms with Gasteiger partial charge in [0.15, 0.2) is 0 Å². The van der Waals surface area contributed by atoms with Crippen molar-refractivity contribution in [3.8, 4) is 0 Å². The molecule has 0 aromatic rings. The average Bonchev–Trinajstić information content (AvgIpc) is 1.76.